The molecule has 9 heteroatoms. The number of H-pyrrole nitrogens is 1. The van der Waals surface area contributed by atoms with Crippen LogP contribution >= 0.6 is 11.6 Å². The van der Waals surface area contributed by atoms with Gasteiger partial charge in [-0.05, 0) is 41.5 Å². The highest BCUT2D eigenvalue weighted by molar-refractivity contribution is 6.31. The Labute approximate surface area is 194 Å². The van der Waals surface area contributed by atoms with E-state index >= 15 is 0 Å². The van der Waals surface area contributed by atoms with Gasteiger partial charge in [0.15, 0.2) is 0 Å². The molecule has 0 radical (unpaired) electrons. The number of aromatic hydroxyl groups is 1. The van der Waals surface area contributed by atoms with Crippen molar-refractivity contribution < 1.29 is 14.7 Å². The largest absolute Gasteiger partial charge is 0.508 e. The van der Waals surface area contributed by atoms with E-state index in [1.165, 1.54) is 4.90 Å². The SMILES string of the molecule is O=C1C2Cc3c([nH]c4ccc(Cl)cc34)C(c3cccc(O)c3)N2C(=O)N1CCn1ccnc1. The molecule has 3 amide bonds. The first-order valence-corrected chi connectivity index (χ1v) is 11.1. The lowest BCUT2D eigenvalue weighted by Gasteiger charge is -2.36. The molecule has 1 fully saturated rings. The summed E-state index contributed by atoms with van der Waals surface area (Å²) in [7, 11) is 0. The summed E-state index contributed by atoms with van der Waals surface area (Å²) in [5.74, 6) is -0.113. The molecule has 4 aromatic rings. The minimum Gasteiger partial charge on any atom is -0.508 e. The molecule has 2 aromatic heterocycles. The topological polar surface area (TPSA) is 94.5 Å². The molecule has 166 valence electrons. The first-order chi connectivity index (χ1) is 16.0. The Hall–Kier alpha value is -3.78. The number of benzene rings is 2. The van der Waals surface area contributed by atoms with Gasteiger partial charge < -0.3 is 14.7 Å². The first kappa shape index (κ1) is 19.9. The molecule has 0 aliphatic carbocycles. The van der Waals surface area contributed by atoms with Crippen LogP contribution in [-0.2, 0) is 17.8 Å². The highest BCUT2D eigenvalue weighted by atomic mass is 35.5. The molecule has 2 aromatic carbocycles. The average Bonchev–Trinajstić information content (AvgIpc) is 3.50. The maximum atomic E-state index is 13.6. The Bertz CT molecular complexity index is 1400. The second kappa shape index (κ2) is 7.38. The summed E-state index contributed by atoms with van der Waals surface area (Å²) in [4.78, 5) is 37.4. The van der Waals surface area contributed by atoms with Crippen LogP contribution in [0.4, 0.5) is 4.79 Å². The number of urea groups is 1. The number of aromatic amines is 1. The molecule has 6 rings (SSSR count). The number of imidazole rings is 1. The minimum absolute atomic E-state index is 0.102. The number of hydrogen-bond acceptors (Lipinski definition) is 4. The van der Waals surface area contributed by atoms with Crippen LogP contribution < -0.4 is 0 Å². The lowest BCUT2D eigenvalue weighted by atomic mass is 9.89. The number of carbonyl (C=O) groups is 2. The Kier molecular flexibility index (Phi) is 4.45. The normalized spacial score (nSPS) is 19.9. The number of imide groups is 1. The minimum atomic E-state index is -0.627. The van der Waals surface area contributed by atoms with E-state index in [-0.39, 0.29) is 24.2 Å². The molecule has 2 N–H and O–H groups in total. The third-order valence-electron chi connectivity index (χ3n) is 6.52. The zero-order valence-electron chi connectivity index (χ0n) is 17.5. The van der Waals surface area contributed by atoms with Gasteiger partial charge in [0.25, 0.3) is 5.91 Å². The summed E-state index contributed by atoms with van der Waals surface area (Å²) in [6.45, 7) is 0.729. The number of aromatic nitrogens is 3. The predicted molar refractivity (Wildman–Crippen MR) is 122 cm³/mol. The van der Waals surface area contributed by atoms with Gasteiger partial charge in [0.2, 0.25) is 0 Å². The molecule has 4 heterocycles. The van der Waals surface area contributed by atoms with E-state index in [2.05, 4.69) is 9.97 Å². The summed E-state index contributed by atoms with van der Waals surface area (Å²) in [6, 6.07) is 10.9. The second-order valence-corrected chi connectivity index (χ2v) is 8.84. The predicted octanol–water partition coefficient (Wildman–Crippen LogP) is 3.70. The molecule has 33 heavy (non-hydrogen) atoms. The fourth-order valence-corrected chi connectivity index (χ4v) is 5.20. The Balaban J connectivity index is 1.46. The molecule has 1 saturated heterocycles. The van der Waals surface area contributed by atoms with Crippen LogP contribution in [0.15, 0.2) is 61.2 Å². The number of nitrogens with zero attached hydrogens (tertiary/aromatic N) is 4. The van der Waals surface area contributed by atoms with Gasteiger partial charge in [0.05, 0.1) is 6.33 Å². The molecular weight excluding hydrogens is 442 g/mol. The van der Waals surface area contributed by atoms with Crippen LogP contribution in [0, 0.1) is 0 Å². The van der Waals surface area contributed by atoms with Crippen LogP contribution in [0.2, 0.25) is 5.02 Å². The zero-order valence-corrected chi connectivity index (χ0v) is 18.2. The van der Waals surface area contributed by atoms with Gasteiger partial charge in [-0.1, -0.05) is 23.7 Å². The summed E-state index contributed by atoms with van der Waals surface area (Å²) in [5, 5.41) is 11.7. The highest BCUT2D eigenvalue weighted by Gasteiger charge is 2.52. The van der Waals surface area contributed by atoms with Crippen LogP contribution in [0.25, 0.3) is 10.9 Å². The van der Waals surface area contributed by atoms with Crippen molar-refractivity contribution >= 4 is 34.4 Å². The first-order valence-electron chi connectivity index (χ1n) is 10.7. The zero-order chi connectivity index (χ0) is 22.7. The van der Waals surface area contributed by atoms with Gasteiger partial charge in [-0.25, -0.2) is 9.78 Å². The van der Waals surface area contributed by atoms with Crippen molar-refractivity contribution in [2.45, 2.75) is 25.0 Å². The number of phenolic OH excluding ortho intramolecular Hbond substituents is 1. The molecule has 2 atom stereocenters. The molecule has 0 bridgehead atoms. The van der Waals surface area contributed by atoms with Gasteiger partial charge in [0.1, 0.15) is 17.8 Å². The van der Waals surface area contributed by atoms with Gasteiger partial charge in [-0.15, -0.1) is 0 Å². The van der Waals surface area contributed by atoms with E-state index in [1.54, 1.807) is 41.8 Å². The summed E-state index contributed by atoms with van der Waals surface area (Å²) in [5.41, 5.74) is 3.44. The molecule has 0 spiro atoms. The van der Waals surface area contributed by atoms with Gasteiger partial charge in [0, 0.05) is 53.5 Å². The molecule has 2 unspecified atom stereocenters. The lowest BCUT2D eigenvalue weighted by Crippen LogP contribution is -2.44. The fourth-order valence-electron chi connectivity index (χ4n) is 5.03. The van der Waals surface area contributed by atoms with Crippen molar-refractivity contribution in [2.75, 3.05) is 6.54 Å². The van der Waals surface area contributed by atoms with E-state index in [9.17, 15) is 14.7 Å². The molecule has 0 saturated carbocycles. The monoisotopic (exact) mass is 461 g/mol. The Morgan fingerprint density at radius 3 is 2.82 bits per heavy atom. The number of nitrogens with one attached hydrogen (secondary N) is 1. The standard InChI is InChI=1S/C24H20ClN5O3/c25-15-4-5-19-17(11-15)18-12-20-23(32)29(9-8-28-7-6-26-13-28)24(33)30(20)22(21(18)27-19)14-2-1-3-16(31)10-14/h1-7,10-11,13,20,22,27,31H,8-9,12H2. The van der Waals surface area contributed by atoms with Crippen molar-refractivity contribution in [1.82, 2.24) is 24.3 Å². The number of fused-ring (bicyclic) bond motifs is 4. The van der Waals surface area contributed by atoms with Crippen LogP contribution in [0.1, 0.15) is 22.9 Å². The highest BCUT2D eigenvalue weighted by Crippen LogP contribution is 2.44. The average molecular weight is 462 g/mol. The summed E-state index contributed by atoms with van der Waals surface area (Å²) in [6.07, 6.45) is 5.53. The van der Waals surface area contributed by atoms with Crippen molar-refractivity contribution in [1.29, 1.82) is 0 Å². The van der Waals surface area contributed by atoms with E-state index in [0.717, 1.165) is 27.7 Å². The summed E-state index contributed by atoms with van der Waals surface area (Å²) < 4.78 is 1.84. The van der Waals surface area contributed by atoms with Crippen molar-refractivity contribution in [3.63, 3.8) is 0 Å². The van der Waals surface area contributed by atoms with Crippen molar-refractivity contribution in [3.8, 4) is 5.75 Å². The fraction of sp³-hybridized carbons (Fsp3) is 0.208. The van der Waals surface area contributed by atoms with Gasteiger partial charge in [-0.3, -0.25) is 14.6 Å². The second-order valence-electron chi connectivity index (χ2n) is 8.40. The molecular formula is C24H20ClN5O3. The van der Waals surface area contributed by atoms with Crippen LogP contribution in [-0.4, -0.2) is 54.0 Å². The molecule has 2 aliphatic heterocycles. The number of rotatable bonds is 4. The van der Waals surface area contributed by atoms with Crippen molar-refractivity contribution in [2.24, 2.45) is 0 Å². The van der Waals surface area contributed by atoms with Gasteiger partial charge in [-0.2, -0.15) is 0 Å². The summed E-state index contributed by atoms with van der Waals surface area (Å²) >= 11 is 6.27. The Morgan fingerprint density at radius 2 is 2.03 bits per heavy atom. The third kappa shape index (κ3) is 3.09. The number of phenols is 1. The Morgan fingerprint density at radius 1 is 1.15 bits per heavy atom. The number of hydrogen-bond donors (Lipinski definition) is 2. The van der Waals surface area contributed by atoms with Crippen molar-refractivity contribution in [3.05, 3.63) is 83.0 Å². The maximum Gasteiger partial charge on any atom is 0.328 e. The smallest absolute Gasteiger partial charge is 0.328 e. The van der Waals surface area contributed by atoms with E-state index < -0.39 is 12.1 Å². The third-order valence-corrected chi connectivity index (χ3v) is 6.75. The number of halogens is 1. The molecule has 2 aliphatic rings. The van der Waals surface area contributed by atoms with Gasteiger partial charge >= 0.3 is 6.03 Å². The molecule has 8 nitrogen and oxygen atoms in total. The van der Waals surface area contributed by atoms with E-state index in [1.807, 2.05) is 28.8 Å². The van der Waals surface area contributed by atoms with E-state index in [0.29, 0.717) is 18.0 Å². The van der Waals surface area contributed by atoms with Crippen LogP contribution in [0.3, 0.4) is 0 Å². The number of amides is 3. The lowest BCUT2D eigenvalue weighted by molar-refractivity contribution is -0.128. The quantitative estimate of drug-likeness (QED) is 0.453. The van der Waals surface area contributed by atoms with Crippen LogP contribution in [0.5, 0.6) is 5.75 Å². The van der Waals surface area contributed by atoms with E-state index in [4.69, 9.17) is 11.6 Å². The maximum absolute atomic E-state index is 13.6. The number of carbonyl (C=O) groups excluding carboxylic acids is 2.